The summed E-state index contributed by atoms with van der Waals surface area (Å²) in [5, 5.41) is 5.46. The smallest absolute Gasteiger partial charge is 0.407 e. The van der Waals surface area contributed by atoms with Crippen LogP contribution in [-0.4, -0.2) is 62.4 Å². The minimum atomic E-state index is -0.699. The summed E-state index contributed by atoms with van der Waals surface area (Å²) in [6.07, 6.45) is 3.59. The number of hydrogen-bond donors (Lipinski definition) is 4. The molecule has 0 aliphatic rings. The number of alkyl carbamates (subject to hydrolysis) is 1. The van der Waals surface area contributed by atoms with Crippen molar-refractivity contribution in [3.05, 3.63) is 103 Å². The molecule has 0 fully saturated rings. The second-order valence-corrected chi connectivity index (χ2v) is 11.5. The number of rotatable bonds is 12. The Morgan fingerprint density at radius 3 is 1.96 bits per heavy atom. The van der Waals surface area contributed by atoms with Crippen molar-refractivity contribution in [2.24, 2.45) is 5.92 Å². The minimum Gasteiger partial charge on any atom is -0.453 e. The molecule has 5 rings (SSSR count). The SMILES string of the molecule is CCCN(Cc1ncc(-c2ccc(-c3ccc(-c4cnc(NC(=O)c5ccccc5)[nH]4)cc3)cc2)[nH]1)C(=O)[C@@H](NC(=O)OC)C(C)C. The average Bonchev–Trinajstić information content (AvgIpc) is 3.77. The highest BCUT2D eigenvalue weighted by molar-refractivity contribution is 6.03. The highest BCUT2D eigenvalue weighted by Gasteiger charge is 2.29. The van der Waals surface area contributed by atoms with Gasteiger partial charge in [-0.25, -0.2) is 14.8 Å². The maximum Gasteiger partial charge on any atom is 0.407 e. The zero-order valence-corrected chi connectivity index (χ0v) is 26.9. The third-order valence-electron chi connectivity index (χ3n) is 7.73. The highest BCUT2D eigenvalue weighted by atomic mass is 16.5. The molecule has 3 aromatic carbocycles. The molecule has 0 aliphatic heterocycles. The predicted octanol–water partition coefficient (Wildman–Crippen LogP) is 6.51. The van der Waals surface area contributed by atoms with E-state index in [1.807, 2.05) is 75.4 Å². The number of methoxy groups -OCH3 is 1. The van der Waals surface area contributed by atoms with Crippen molar-refractivity contribution in [2.75, 3.05) is 19.0 Å². The Balaban J connectivity index is 1.22. The van der Waals surface area contributed by atoms with Crippen molar-refractivity contribution in [3.8, 4) is 33.6 Å². The Kier molecular flexibility index (Phi) is 10.5. The molecular weight excluding hydrogens is 594 g/mol. The Labute approximate surface area is 273 Å². The molecule has 0 saturated carbocycles. The van der Waals surface area contributed by atoms with Crippen LogP contribution in [0.4, 0.5) is 10.7 Å². The molecule has 3 amide bonds. The maximum absolute atomic E-state index is 13.4. The van der Waals surface area contributed by atoms with E-state index in [2.05, 4.69) is 42.7 Å². The third kappa shape index (κ3) is 8.12. The number of H-pyrrole nitrogens is 2. The van der Waals surface area contributed by atoms with Gasteiger partial charge < -0.3 is 24.9 Å². The Bertz CT molecular complexity index is 1800. The first-order chi connectivity index (χ1) is 22.7. The molecule has 11 heteroatoms. The quantitative estimate of drug-likeness (QED) is 0.123. The molecule has 4 N–H and O–H groups in total. The summed E-state index contributed by atoms with van der Waals surface area (Å²) < 4.78 is 4.72. The summed E-state index contributed by atoms with van der Waals surface area (Å²) >= 11 is 0. The van der Waals surface area contributed by atoms with Crippen molar-refractivity contribution < 1.29 is 19.1 Å². The molecule has 2 heterocycles. The first kappa shape index (κ1) is 32.7. The number of nitrogens with one attached hydrogen (secondary N) is 4. The van der Waals surface area contributed by atoms with Crippen LogP contribution in [0, 0.1) is 5.92 Å². The van der Waals surface area contributed by atoms with Gasteiger partial charge in [-0.15, -0.1) is 0 Å². The first-order valence-corrected chi connectivity index (χ1v) is 15.6. The Hall–Kier alpha value is -5.71. The van der Waals surface area contributed by atoms with Gasteiger partial charge in [0, 0.05) is 12.1 Å². The van der Waals surface area contributed by atoms with Crippen molar-refractivity contribution in [1.29, 1.82) is 0 Å². The van der Waals surface area contributed by atoms with Gasteiger partial charge in [0.15, 0.2) is 0 Å². The molecular formula is C36H39N7O4. The van der Waals surface area contributed by atoms with Crippen LogP contribution in [0.5, 0.6) is 0 Å². The fourth-order valence-electron chi connectivity index (χ4n) is 5.19. The van der Waals surface area contributed by atoms with Crippen LogP contribution >= 0.6 is 0 Å². The lowest BCUT2D eigenvalue weighted by atomic mass is 10.0. The monoisotopic (exact) mass is 633 g/mol. The van der Waals surface area contributed by atoms with Gasteiger partial charge in [-0.05, 0) is 46.7 Å². The largest absolute Gasteiger partial charge is 0.453 e. The number of imidazole rings is 2. The molecule has 0 spiro atoms. The average molecular weight is 634 g/mol. The number of benzene rings is 3. The van der Waals surface area contributed by atoms with Gasteiger partial charge in [0.2, 0.25) is 11.9 Å². The topological polar surface area (TPSA) is 145 Å². The van der Waals surface area contributed by atoms with E-state index in [1.165, 1.54) is 7.11 Å². The van der Waals surface area contributed by atoms with Crippen LogP contribution < -0.4 is 10.6 Å². The predicted molar refractivity (Wildman–Crippen MR) is 181 cm³/mol. The van der Waals surface area contributed by atoms with Gasteiger partial charge in [-0.3, -0.25) is 14.9 Å². The number of amides is 3. The fraction of sp³-hybridized carbons (Fsp3) is 0.250. The van der Waals surface area contributed by atoms with Gasteiger partial charge >= 0.3 is 6.09 Å². The Morgan fingerprint density at radius 2 is 1.38 bits per heavy atom. The van der Waals surface area contributed by atoms with E-state index in [-0.39, 0.29) is 17.7 Å². The van der Waals surface area contributed by atoms with Gasteiger partial charge in [0.25, 0.3) is 5.91 Å². The molecule has 47 heavy (non-hydrogen) atoms. The zero-order valence-electron chi connectivity index (χ0n) is 26.9. The first-order valence-electron chi connectivity index (χ1n) is 15.6. The summed E-state index contributed by atoms with van der Waals surface area (Å²) in [6, 6.07) is 24.6. The minimum absolute atomic E-state index is 0.111. The molecule has 0 saturated heterocycles. The lowest BCUT2D eigenvalue weighted by molar-refractivity contribution is -0.135. The second-order valence-electron chi connectivity index (χ2n) is 11.5. The molecule has 0 bridgehead atoms. The van der Waals surface area contributed by atoms with Crippen LogP contribution in [-0.2, 0) is 16.1 Å². The van der Waals surface area contributed by atoms with Gasteiger partial charge in [0.05, 0.1) is 37.4 Å². The second kappa shape index (κ2) is 15.0. The van der Waals surface area contributed by atoms with Gasteiger partial charge in [-0.2, -0.15) is 0 Å². The number of carbonyl (C=O) groups excluding carboxylic acids is 3. The van der Waals surface area contributed by atoms with Crippen LogP contribution in [0.25, 0.3) is 33.6 Å². The van der Waals surface area contributed by atoms with Crippen molar-refractivity contribution in [2.45, 2.75) is 39.8 Å². The number of aromatic nitrogens is 4. The van der Waals surface area contributed by atoms with Gasteiger partial charge in [-0.1, -0.05) is 87.5 Å². The summed E-state index contributed by atoms with van der Waals surface area (Å²) in [6.45, 7) is 6.59. The number of hydrogen-bond acceptors (Lipinski definition) is 6. The van der Waals surface area contributed by atoms with E-state index in [1.54, 1.807) is 29.4 Å². The van der Waals surface area contributed by atoms with Crippen molar-refractivity contribution >= 4 is 23.9 Å². The molecule has 2 aromatic heterocycles. The molecule has 0 radical (unpaired) electrons. The summed E-state index contributed by atoms with van der Waals surface area (Å²) in [5.74, 6) is 0.526. The van der Waals surface area contributed by atoms with E-state index in [9.17, 15) is 14.4 Å². The number of nitrogens with zero attached hydrogens (tertiary/aromatic N) is 3. The molecule has 242 valence electrons. The lowest BCUT2D eigenvalue weighted by Gasteiger charge is -2.28. The van der Waals surface area contributed by atoms with E-state index in [4.69, 9.17) is 4.74 Å². The summed E-state index contributed by atoms with van der Waals surface area (Å²) in [7, 11) is 1.28. The normalized spacial score (nSPS) is 11.6. The van der Waals surface area contributed by atoms with Crippen molar-refractivity contribution in [3.63, 3.8) is 0 Å². The van der Waals surface area contributed by atoms with E-state index >= 15 is 0 Å². The lowest BCUT2D eigenvalue weighted by Crippen LogP contribution is -2.51. The van der Waals surface area contributed by atoms with Gasteiger partial charge in [0.1, 0.15) is 11.9 Å². The Morgan fingerprint density at radius 1 is 0.809 bits per heavy atom. The number of ether oxygens (including phenoxy) is 1. The number of anilines is 1. The van der Waals surface area contributed by atoms with Crippen LogP contribution in [0.2, 0.25) is 0 Å². The molecule has 5 aromatic rings. The maximum atomic E-state index is 13.4. The summed E-state index contributed by atoms with van der Waals surface area (Å²) in [4.78, 5) is 54.7. The summed E-state index contributed by atoms with van der Waals surface area (Å²) in [5.41, 5.74) is 6.21. The fourth-order valence-corrected chi connectivity index (χ4v) is 5.19. The third-order valence-corrected chi connectivity index (χ3v) is 7.73. The zero-order chi connectivity index (χ0) is 33.3. The van der Waals surface area contributed by atoms with Crippen molar-refractivity contribution in [1.82, 2.24) is 30.2 Å². The molecule has 0 aliphatic carbocycles. The van der Waals surface area contributed by atoms with Crippen LogP contribution in [0.1, 0.15) is 43.4 Å². The van der Waals surface area contributed by atoms with Crippen LogP contribution in [0.15, 0.2) is 91.3 Å². The highest BCUT2D eigenvalue weighted by Crippen LogP contribution is 2.27. The molecule has 0 unspecified atom stereocenters. The van der Waals surface area contributed by atoms with E-state index < -0.39 is 12.1 Å². The number of carbonyl (C=O) groups is 3. The van der Waals surface area contributed by atoms with E-state index in [0.717, 1.165) is 40.1 Å². The standard InChI is InChI=1S/C36H39N7O4/c1-5-19-43(34(45)32(23(2)3)41-36(46)47-4)22-31-37-20-29(39-31)26-15-11-24(12-16-26)25-13-17-27(18-14-25)30-21-38-35(40-30)42-33(44)28-9-7-6-8-10-28/h6-18,20-21,23,32H,5,19,22H2,1-4H3,(H,37,39)(H,41,46)(H2,38,40,42,44)/t32-/m0/s1. The number of aromatic amines is 2. The van der Waals surface area contributed by atoms with Crippen LogP contribution in [0.3, 0.4) is 0 Å². The van der Waals surface area contributed by atoms with E-state index in [0.29, 0.717) is 30.4 Å². The molecule has 1 atom stereocenters. The molecule has 11 nitrogen and oxygen atoms in total.